The first kappa shape index (κ1) is 28.5. The number of fused-ring (bicyclic) bond motifs is 1. The molecule has 1 aliphatic rings. The number of nitrogens with zero attached hydrogens (tertiary/aromatic N) is 3. The molecule has 3 heterocycles. The lowest BCUT2D eigenvalue weighted by Crippen LogP contribution is -2.31. The fourth-order valence-corrected chi connectivity index (χ4v) is 6.86. The molecular formula is C34H22FN3O5S2. The van der Waals surface area contributed by atoms with E-state index in [-0.39, 0.29) is 22.3 Å². The molecule has 7 rings (SSSR count). The number of aliphatic hydroxyl groups excluding tert-OH is 1. The number of benzene rings is 4. The number of halogens is 1. The smallest absolute Gasteiger partial charge is 0.296 e. The van der Waals surface area contributed by atoms with Crippen LogP contribution in [0.4, 0.5) is 9.52 Å². The van der Waals surface area contributed by atoms with Crippen LogP contribution in [0.25, 0.3) is 11.0 Å². The van der Waals surface area contributed by atoms with Gasteiger partial charge in [0.1, 0.15) is 22.9 Å². The molecule has 1 amide bonds. The first-order chi connectivity index (χ1) is 21.9. The molecule has 45 heavy (non-hydrogen) atoms. The summed E-state index contributed by atoms with van der Waals surface area (Å²) in [6.45, 7) is 0. The van der Waals surface area contributed by atoms with Gasteiger partial charge < -0.3 is 14.3 Å². The molecule has 8 nitrogen and oxygen atoms in total. The second-order valence-electron chi connectivity index (χ2n) is 10.1. The summed E-state index contributed by atoms with van der Waals surface area (Å²) < 4.78 is 25.8. The zero-order valence-corrected chi connectivity index (χ0v) is 24.9. The second-order valence-corrected chi connectivity index (χ2v) is 12.2. The van der Waals surface area contributed by atoms with Crippen LogP contribution in [0.2, 0.25) is 0 Å². The van der Waals surface area contributed by atoms with Crippen molar-refractivity contribution in [2.24, 2.45) is 0 Å². The zero-order valence-electron chi connectivity index (χ0n) is 23.3. The molecule has 4 aromatic carbocycles. The van der Waals surface area contributed by atoms with Gasteiger partial charge in [-0.05, 0) is 59.7 Å². The maximum Gasteiger partial charge on any atom is 0.296 e. The summed E-state index contributed by atoms with van der Waals surface area (Å²) in [5.41, 5.74) is 1.76. The Morgan fingerprint density at radius 1 is 0.933 bits per heavy atom. The summed E-state index contributed by atoms with van der Waals surface area (Å²) in [6.07, 6.45) is 0. The predicted octanol–water partition coefficient (Wildman–Crippen LogP) is 8.29. The minimum absolute atomic E-state index is 0.0121. The zero-order chi connectivity index (χ0) is 30.9. The predicted molar refractivity (Wildman–Crippen MR) is 169 cm³/mol. The summed E-state index contributed by atoms with van der Waals surface area (Å²) >= 11 is 2.52. The van der Waals surface area contributed by atoms with Crippen LogP contribution in [-0.4, -0.2) is 27.0 Å². The van der Waals surface area contributed by atoms with Crippen LogP contribution in [0, 0.1) is 5.82 Å². The Morgan fingerprint density at radius 3 is 2.49 bits per heavy atom. The molecule has 2 aromatic heterocycles. The van der Waals surface area contributed by atoms with E-state index in [2.05, 4.69) is 10.2 Å². The van der Waals surface area contributed by atoms with Crippen molar-refractivity contribution in [2.75, 3.05) is 4.90 Å². The number of hydrogen-bond donors (Lipinski definition) is 1. The molecule has 0 saturated carbocycles. The Bertz CT molecular complexity index is 2040. The number of thioether (sulfide) groups is 1. The van der Waals surface area contributed by atoms with Gasteiger partial charge in [0.25, 0.3) is 5.91 Å². The van der Waals surface area contributed by atoms with Crippen molar-refractivity contribution in [3.8, 4) is 11.5 Å². The van der Waals surface area contributed by atoms with Gasteiger partial charge in [0, 0.05) is 11.1 Å². The summed E-state index contributed by atoms with van der Waals surface area (Å²) in [5, 5.41) is 20.6. The Hall–Kier alpha value is -5.26. The van der Waals surface area contributed by atoms with E-state index in [9.17, 15) is 19.1 Å². The monoisotopic (exact) mass is 635 g/mol. The SMILES string of the molecule is O=C(C1=C(O)C(=O)N(c2nnc(SCc3ccc(F)cc3)s2)C1c1cccc(Oc2ccccc2)c1)c1cc2ccccc2o1. The van der Waals surface area contributed by atoms with Gasteiger partial charge in [0.05, 0.1) is 11.6 Å². The summed E-state index contributed by atoms with van der Waals surface area (Å²) in [6, 6.07) is 30.0. The topological polar surface area (TPSA) is 106 Å². The molecule has 11 heteroatoms. The highest BCUT2D eigenvalue weighted by Crippen LogP contribution is 2.45. The van der Waals surface area contributed by atoms with Crippen LogP contribution in [0.5, 0.6) is 11.5 Å². The lowest BCUT2D eigenvalue weighted by atomic mass is 9.95. The number of ether oxygens (including phenoxy) is 1. The Labute approximate surface area is 264 Å². The normalized spacial score (nSPS) is 14.8. The van der Waals surface area contributed by atoms with Gasteiger partial charge in [-0.15, -0.1) is 10.2 Å². The number of aromatic nitrogens is 2. The third-order valence-electron chi connectivity index (χ3n) is 7.13. The van der Waals surface area contributed by atoms with Crippen molar-refractivity contribution in [2.45, 2.75) is 16.1 Å². The van der Waals surface area contributed by atoms with Gasteiger partial charge in [0.15, 0.2) is 15.9 Å². The quantitative estimate of drug-likeness (QED) is 0.0961. The number of aliphatic hydroxyl groups is 1. The number of ketones is 1. The first-order valence-electron chi connectivity index (χ1n) is 13.8. The highest BCUT2D eigenvalue weighted by molar-refractivity contribution is 8.00. The van der Waals surface area contributed by atoms with Crippen molar-refractivity contribution in [1.82, 2.24) is 10.2 Å². The lowest BCUT2D eigenvalue weighted by molar-refractivity contribution is -0.117. The van der Waals surface area contributed by atoms with E-state index in [4.69, 9.17) is 9.15 Å². The van der Waals surface area contributed by atoms with Crippen LogP contribution in [0.1, 0.15) is 27.7 Å². The number of carbonyl (C=O) groups is 2. The molecule has 1 atom stereocenters. The highest BCUT2D eigenvalue weighted by atomic mass is 32.2. The van der Waals surface area contributed by atoms with Gasteiger partial charge in [0.2, 0.25) is 10.9 Å². The third-order valence-corrected chi connectivity index (χ3v) is 9.26. The van der Waals surface area contributed by atoms with Gasteiger partial charge in [-0.1, -0.05) is 83.8 Å². The fraction of sp³-hybridized carbons (Fsp3) is 0.0588. The lowest BCUT2D eigenvalue weighted by Gasteiger charge is -2.24. The maximum atomic E-state index is 14.0. The third kappa shape index (κ3) is 5.70. The van der Waals surface area contributed by atoms with Crippen molar-refractivity contribution in [3.63, 3.8) is 0 Å². The molecule has 0 spiro atoms. The first-order valence-corrected chi connectivity index (χ1v) is 15.6. The highest BCUT2D eigenvalue weighted by Gasteiger charge is 2.47. The minimum atomic E-state index is -1.06. The Morgan fingerprint density at radius 2 is 1.69 bits per heavy atom. The summed E-state index contributed by atoms with van der Waals surface area (Å²) in [5.74, 6) is -0.866. The summed E-state index contributed by atoms with van der Waals surface area (Å²) in [4.78, 5) is 29.0. The molecule has 222 valence electrons. The number of furan rings is 1. The molecule has 1 N–H and O–H groups in total. The Balaban J connectivity index is 1.26. The van der Waals surface area contributed by atoms with E-state index >= 15 is 0 Å². The van der Waals surface area contributed by atoms with Crippen molar-refractivity contribution < 1.29 is 28.2 Å². The van der Waals surface area contributed by atoms with E-state index in [1.165, 1.54) is 28.8 Å². The van der Waals surface area contributed by atoms with Crippen molar-refractivity contribution in [3.05, 3.63) is 143 Å². The fourth-order valence-electron chi connectivity index (χ4n) is 5.03. The van der Waals surface area contributed by atoms with E-state index < -0.39 is 23.5 Å². The molecule has 0 fully saturated rings. The summed E-state index contributed by atoms with van der Waals surface area (Å²) in [7, 11) is 0. The largest absolute Gasteiger partial charge is 0.503 e. The Kier molecular flexibility index (Phi) is 7.62. The van der Waals surface area contributed by atoms with Crippen molar-refractivity contribution in [1.29, 1.82) is 0 Å². The molecule has 0 radical (unpaired) electrons. The van der Waals surface area contributed by atoms with Crippen LogP contribution >= 0.6 is 23.1 Å². The van der Waals surface area contributed by atoms with Gasteiger partial charge in [-0.25, -0.2) is 4.39 Å². The molecule has 0 aliphatic carbocycles. The minimum Gasteiger partial charge on any atom is -0.503 e. The van der Waals surface area contributed by atoms with Gasteiger partial charge in [-0.2, -0.15) is 0 Å². The molecule has 0 saturated heterocycles. The number of para-hydroxylation sites is 2. The average Bonchev–Trinajstić information content (AvgIpc) is 3.77. The number of Topliss-reactive ketones (excluding diaryl/α,β-unsaturated/α-hetero) is 1. The number of amides is 1. The van der Waals surface area contributed by atoms with Crippen molar-refractivity contribution >= 4 is 50.9 Å². The molecule has 6 aromatic rings. The standard InChI is InChI=1S/C34H22FN3O5S2/c35-23-15-13-20(14-16-23)19-44-34-37-36-33(45-34)38-29(22-8-6-11-25(17-22)42-24-9-2-1-3-10-24)28(31(40)32(38)41)30(39)27-18-21-7-4-5-12-26(21)43-27/h1-18,29,40H,19H2. The number of hydrogen-bond acceptors (Lipinski definition) is 9. The van der Waals surface area contributed by atoms with Crippen LogP contribution in [0.15, 0.2) is 129 Å². The number of anilines is 1. The van der Waals surface area contributed by atoms with E-state index in [1.807, 2.05) is 42.5 Å². The van der Waals surface area contributed by atoms with E-state index in [0.717, 1.165) is 16.9 Å². The van der Waals surface area contributed by atoms with Gasteiger partial charge in [-0.3, -0.25) is 14.5 Å². The second kappa shape index (κ2) is 12.0. The molecule has 1 unspecified atom stereocenters. The molecular weight excluding hydrogens is 614 g/mol. The van der Waals surface area contributed by atoms with Crippen LogP contribution < -0.4 is 9.64 Å². The number of carbonyl (C=O) groups excluding carboxylic acids is 2. The van der Waals surface area contributed by atoms with E-state index in [1.54, 1.807) is 54.6 Å². The van der Waals surface area contributed by atoms with Gasteiger partial charge >= 0.3 is 0 Å². The molecule has 0 bridgehead atoms. The van der Waals surface area contributed by atoms with Crippen LogP contribution in [-0.2, 0) is 10.5 Å². The average molecular weight is 636 g/mol. The maximum absolute atomic E-state index is 14.0. The van der Waals surface area contributed by atoms with E-state index in [0.29, 0.717) is 38.1 Å². The number of rotatable bonds is 9. The molecule has 1 aliphatic heterocycles. The van der Waals surface area contributed by atoms with Crippen LogP contribution in [0.3, 0.4) is 0 Å².